The van der Waals surface area contributed by atoms with Gasteiger partial charge >= 0.3 is 0 Å². The van der Waals surface area contributed by atoms with E-state index in [-0.39, 0.29) is 23.6 Å². The van der Waals surface area contributed by atoms with Gasteiger partial charge in [-0.1, -0.05) is 24.3 Å². The molecule has 2 amide bonds. The van der Waals surface area contributed by atoms with Crippen molar-refractivity contribution in [2.45, 2.75) is 33.7 Å². The fourth-order valence-electron chi connectivity index (χ4n) is 2.98. The third-order valence-electron chi connectivity index (χ3n) is 4.66. The molecule has 0 saturated heterocycles. The summed E-state index contributed by atoms with van der Waals surface area (Å²) in [4.78, 5) is 36.9. The number of benzene rings is 2. The van der Waals surface area contributed by atoms with Gasteiger partial charge in [0.15, 0.2) is 0 Å². The van der Waals surface area contributed by atoms with Crippen molar-refractivity contribution < 1.29 is 14.5 Å². The van der Waals surface area contributed by atoms with Gasteiger partial charge in [0.1, 0.15) is 5.56 Å². The number of rotatable bonds is 10. The molecule has 0 bridgehead atoms. The van der Waals surface area contributed by atoms with Crippen LogP contribution in [0.15, 0.2) is 53.6 Å². The number of carbonyl (C=O) groups is 2. The van der Waals surface area contributed by atoms with Crippen LogP contribution in [0.25, 0.3) is 0 Å². The Morgan fingerprint density at radius 1 is 1.06 bits per heavy atom. The number of amides is 2. The average molecular weight is 425 g/mol. The van der Waals surface area contributed by atoms with E-state index in [0.717, 1.165) is 24.3 Å². The van der Waals surface area contributed by atoms with Crippen LogP contribution in [-0.2, 0) is 11.3 Å². The van der Waals surface area contributed by atoms with Crippen molar-refractivity contribution in [3.05, 3.63) is 69.8 Å². The lowest BCUT2D eigenvalue weighted by molar-refractivity contribution is -0.385. The average Bonchev–Trinajstić information content (AvgIpc) is 2.77. The predicted molar refractivity (Wildman–Crippen MR) is 120 cm³/mol. The summed E-state index contributed by atoms with van der Waals surface area (Å²) in [6, 6.07) is 13.6. The second-order valence-electron chi connectivity index (χ2n) is 6.85. The normalized spacial score (nSPS) is 11.0. The second kappa shape index (κ2) is 11.4. The molecule has 0 saturated carbocycles. The van der Waals surface area contributed by atoms with E-state index < -0.39 is 10.8 Å². The van der Waals surface area contributed by atoms with Crippen molar-refractivity contribution in [2.75, 3.05) is 18.0 Å². The number of nitro benzene ring substituents is 1. The molecule has 2 rings (SSSR count). The third kappa shape index (κ3) is 6.91. The molecule has 31 heavy (non-hydrogen) atoms. The second-order valence-corrected chi connectivity index (χ2v) is 6.85. The van der Waals surface area contributed by atoms with Crippen LogP contribution in [0.1, 0.15) is 43.1 Å². The van der Waals surface area contributed by atoms with E-state index in [1.807, 2.05) is 24.3 Å². The molecular formula is C22H27N5O4. The van der Waals surface area contributed by atoms with Crippen LogP contribution in [0.3, 0.4) is 0 Å². The lowest BCUT2D eigenvalue weighted by atomic mass is 10.2. The Morgan fingerprint density at radius 2 is 1.71 bits per heavy atom. The first-order valence-electron chi connectivity index (χ1n) is 10.0. The Hall–Kier alpha value is -3.75. The summed E-state index contributed by atoms with van der Waals surface area (Å²) in [5, 5.41) is 17.7. The van der Waals surface area contributed by atoms with Crippen LogP contribution >= 0.6 is 0 Å². The van der Waals surface area contributed by atoms with Crippen LogP contribution in [0.4, 0.5) is 11.4 Å². The number of hydrazone groups is 1. The summed E-state index contributed by atoms with van der Waals surface area (Å²) < 4.78 is 0. The quantitative estimate of drug-likeness (QED) is 0.344. The van der Waals surface area contributed by atoms with Crippen molar-refractivity contribution in [2.24, 2.45) is 5.10 Å². The van der Waals surface area contributed by atoms with Crippen LogP contribution < -0.4 is 15.6 Å². The van der Waals surface area contributed by atoms with E-state index in [1.165, 1.54) is 24.3 Å². The first-order chi connectivity index (χ1) is 14.8. The third-order valence-corrected chi connectivity index (χ3v) is 4.66. The van der Waals surface area contributed by atoms with Crippen LogP contribution in [-0.4, -0.2) is 35.5 Å². The molecule has 0 fully saturated rings. The number of anilines is 1. The molecular weight excluding hydrogens is 398 g/mol. The Morgan fingerprint density at radius 3 is 2.32 bits per heavy atom. The van der Waals surface area contributed by atoms with Crippen LogP contribution in [0.5, 0.6) is 0 Å². The maximum Gasteiger partial charge on any atom is 0.282 e. The molecule has 2 aromatic carbocycles. The molecule has 9 heteroatoms. The minimum Gasteiger partial charge on any atom is -0.372 e. The largest absolute Gasteiger partial charge is 0.372 e. The highest BCUT2D eigenvalue weighted by Gasteiger charge is 2.18. The highest BCUT2D eigenvalue weighted by molar-refractivity contribution is 6.02. The van der Waals surface area contributed by atoms with E-state index in [0.29, 0.717) is 12.3 Å². The molecule has 0 heterocycles. The van der Waals surface area contributed by atoms with Gasteiger partial charge in [-0.25, -0.2) is 5.43 Å². The van der Waals surface area contributed by atoms with Gasteiger partial charge in [0.05, 0.1) is 11.3 Å². The highest BCUT2D eigenvalue weighted by Crippen LogP contribution is 2.17. The highest BCUT2D eigenvalue weighted by atomic mass is 16.6. The zero-order chi connectivity index (χ0) is 22.8. The summed E-state index contributed by atoms with van der Waals surface area (Å²) in [5.74, 6) is -0.950. The molecule has 0 aliphatic heterocycles. The molecule has 0 aromatic heterocycles. The molecule has 9 nitrogen and oxygen atoms in total. The fourth-order valence-corrected chi connectivity index (χ4v) is 2.98. The van der Waals surface area contributed by atoms with Gasteiger partial charge in [-0.2, -0.15) is 5.10 Å². The standard InChI is InChI=1S/C22H27N5O4/c1-4-26(5-2)18-12-10-17(11-13-18)15-23-21(28)14-16(3)24-25-22(29)19-8-6-7-9-20(19)27(30)31/h6-13H,4-5,14-15H2,1-3H3,(H,23,28)(H,25,29). The van der Waals surface area contributed by atoms with Gasteiger partial charge in [0, 0.05) is 37.1 Å². The molecule has 2 aromatic rings. The number of para-hydroxylation sites is 1. The topological polar surface area (TPSA) is 117 Å². The number of nitrogens with one attached hydrogen (secondary N) is 2. The fraction of sp³-hybridized carbons (Fsp3) is 0.318. The molecule has 0 radical (unpaired) electrons. The lowest BCUT2D eigenvalue weighted by Crippen LogP contribution is -2.26. The van der Waals surface area contributed by atoms with Gasteiger partial charge in [0.2, 0.25) is 5.91 Å². The smallest absolute Gasteiger partial charge is 0.282 e. The molecule has 0 atom stereocenters. The van der Waals surface area contributed by atoms with Crippen molar-refractivity contribution >= 4 is 28.9 Å². The number of nitro groups is 1. The molecule has 164 valence electrons. The van der Waals surface area contributed by atoms with E-state index in [2.05, 4.69) is 34.6 Å². The Balaban J connectivity index is 1.86. The van der Waals surface area contributed by atoms with Gasteiger partial charge < -0.3 is 10.2 Å². The van der Waals surface area contributed by atoms with Crippen LogP contribution in [0.2, 0.25) is 0 Å². The number of carbonyl (C=O) groups excluding carboxylic acids is 2. The van der Waals surface area contributed by atoms with Gasteiger partial charge in [-0.05, 0) is 44.5 Å². The minimum atomic E-state index is -0.708. The maximum absolute atomic E-state index is 12.2. The Bertz CT molecular complexity index is 953. The lowest BCUT2D eigenvalue weighted by Gasteiger charge is -2.21. The monoisotopic (exact) mass is 425 g/mol. The van der Waals surface area contributed by atoms with Gasteiger partial charge in [-0.15, -0.1) is 0 Å². The molecule has 0 aliphatic rings. The van der Waals surface area contributed by atoms with Crippen molar-refractivity contribution in [3.63, 3.8) is 0 Å². The van der Waals surface area contributed by atoms with Crippen molar-refractivity contribution in [1.82, 2.24) is 10.7 Å². The SMILES string of the molecule is CCN(CC)c1ccc(CNC(=O)CC(C)=NNC(=O)c2ccccc2[N+](=O)[O-])cc1. The summed E-state index contributed by atoms with van der Waals surface area (Å²) in [6.07, 6.45) is -0.00526. The van der Waals surface area contributed by atoms with E-state index in [1.54, 1.807) is 6.92 Å². The summed E-state index contributed by atoms with van der Waals surface area (Å²) >= 11 is 0. The van der Waals surface area contributed by atoms with Crippen LogP contribution in [0, 0.1) is 10.1 Å². The summed E-state index contributed by atoms with van der Waals surface area (Å²) in [7, 11) is 0. The first-order valence-corrected chi connectivity index (χ1v) is 10.0. The van der Waals surface area contributed by atoms with E-state index in [9.17, 15) is 19.7 Å². The minimum absolute atomic E-state index is 0.00526. The molecule has 0 aliphatic carbocycles. The number of hydrogen-bond donors (Lipinski definition) is 2. The Kier molecular flexibility index (Phi) is 8.68. The summed E-state index contributed by atoms with van der Waals surface area (Å²) in [5.41, 5.74) is 4.35. The molecule has 0 unspecified atom stereocenters. The first kappa shape index (κ1) is 23.5. The maximum atomic E-state index is 12.2. The Labute approximate surface area is 181 Å². The predicted octanol–water partition coefficient (Wildman–Crippen LogP) is 3.25. The zero-order valence-electron chi connectivity index (χ0n) is 17.9. The molecule has 0 spiro atoms. The van der Waals surface area contributed by atoms with Gasteiger partial charge in [-0.3, -0.25) is 19.7 Å². The van der Waals surface area contributed by atoms with Gasteiger partial charge in [0.25, 0.3) is 11.6 Å². The zero-order valence-corrected chi connectivity index (χ0v) is 17.9. The molecule has 2 N–H and O–H groups in total. The number of nitrogens with zero attached hydrogens (tertiary/aromatic N) is 3. The number of hydrogen-bond acceptors (Lipinski definition) is 6. The van der Waals surface area contributed by atoms with E-state index in [4.69, 9.17) is 0 Å². The summed E-state index contributed by atoms with van der Waals surface area (Å²) in [6.45, 7) is 8.04. The van der Waals surface area contributed by atoms with Crippen molar-refractivity contribution in [1.29, 1.82) is 0 Å². The van der Waals surface area contributed by atoms with Crippen molar-refractivity contribution in [3.8, 4) is 0 Å². The van der Waals surface area contributed by atoms with E-state index >= 15 is 0 Å².